The van der Waals surface area contributed by atoms with Crippen molar-refractivity contribution in [1.29, 1.82) is 0 Å². The number of hydrogen-bond acceptors (Lipinski definition) is 4. The van der Waals surface area contributed by atoms with Crippen LogP contribution in [0.5, 0.6) is 0 Å². The number of nitrogens with zero attached hydrogens (tertiary/aromatic N) is 6. The lowest BCUT2D eigenvalue weighted by atomic mass is 9.97. The van der Waals surface area contributed by atoms with Gasteiger partial charge in [0.25, 0.3) is 0 Å². The average Bonchev–Trinajstić information content (AvgIpc) is 3.32. The second-order valence-electron chi connectivity index (χ2n) is 6.75. The van der Waals surface area contributed by atoms with Crippen LogP contribution < -0.4 is 0 Å². The number of aromatic nitrogens is 6. The maximum atomic E-state index is 4.82. The van der Waals surface area contributed by atoms with Crippen molar-refractivity contribution in [2.24, 2.45) is 7.05 Å². The predicted octanol–water partition coefficient (Wildman–Crippen LogP) is 3.83. The topological polar surface area (TPSA) is 60.9 Å². The van der Waals surface area contributed by atoms with Crippen LogP contribution in [0.3, 0.4) is 0 Å². The summed E-state index contributed by atoms with van der Waals surface area (Å²) in [4.78, 5) is 8.94. The Bertz CT molecular complexity index is 1270. The van der Waals surface area contributed by atoms with E-state index in [2.05, 4.69) is 46.3 Å². The molecule has 6 nitrogen and oxygen atoms in total. The summed E-state index contributed by atoms with van der Waals surface area (Å²) in [7, 11) is 1.90. The first-order valence-electron chi connectivity index (χ1n) is 8.87. The third kappa shape index (κ3) is 2.66. The van der Waals surface area contributed by atoms with Gasteiger partial charge in [0, 0.05) is 36.3 Å². The summed E-state index contributed by atoms with van der Waals surface area (Å²) in [6, 6.07) is 14.4. The van der Waals surface area contributed by atoms with Crippen LogP contribution in [-0.4, -0.2) is 29.4 Å². The van der Waals surface area contributed by atoms with Crippen LogP contribution in [0.4, 0.5) is 0 Å². The molecule has 27 heavy (non-hydrogen) atoms. The molecule has 0 aliphatic heterocycles. The van der Waals surface area contributed by atoms with Crippen LogP contribution in [0, 0.1) is 0 Å². The van der Waals surface area contributed by atoms with Crippen LogP contribution in [0.2, 0.25) is 0 Å². The number of imidazole rings is 1. The van der Waals surface area contributed by atoms with E-state index in [1.807, 2.05) is 54.5 Å². The molecule has 1 atom stereocenters. The zero-order valence-electron chi connectivity index (χ0n) is 15.1. The summed E-state index contributed by atoms with van der Waals surface area (Å²) in [5.74, 6) is 0.154. The van der Waals surface area contributed by atoms with Crippen molar-refractivity contribution in [2.45, 2.75) is 12.8 Å². The van der Waals surface area contributed by atoms with Gasteiger partial charge < -0.3 is 0 Å². The Hall–Kier alpha value is -3.54. The number of benzene rings is 1. The van der Waals surface area contributed by atoms with Crippen molar-refractivity contribution in [3.05, 3.63) is 78.5 Å². The summed E-state index contributed by atoms with van der Waals surface area (Å²) in [6.45, 7) is 2.18. The minimum atomic E-state index is 0.154. The lowest BCUT2D eigenvalue weighted by molar-refractivity contribution is 0.767. The third-order valence-electron chi connectivity index (χ3n) is 4.96. The van der Waals surface area contributed by atoms with Crippen LogP contribution in [-0.2, 0) is 7.05 Å². The molecule has 0 aliphatic carbocycles. The molecule has 5 aromatic rings. The summed E-state index contributed by atoms with van der Waals surface area (Å²) in [5.41, 5.74) is 5.98. The lowest BCUT2D eigenvalue weighted by Gasteiger charge is -2.12. The summed E-state index contributed by atoms with van der Waals surface area (Å²) in [5, 5.41) is 10.2. The fraction of sp³-hybridized carbons (Fsp3) is 0.143. The Morgan fingerprint density at radius 1 is 1.00 bits per heavy atom. The van der Waals surface area contributed by atoms with Gasteiger partial charge in [-0.05, 0) is 35.9 Å². The first-order valence-corrected chi connectivity index (χ1v) is 8.87. The molecule has 0 radical (unpaired) electrons. The van der Waals surface area contributed by atoms with Gasteiger partial charge in [0.05, 0.1) is 29.3 Å². The minimum absolute atomic E-state index is 0.154. The smallest absolute Gasteiger partial charge is 0.153 e. The molecule has 1 unspecified atom stereocenters. The molecule has 4 heterocycles. The first-order chi connectivity index (χ1) is 13.2. The Kier molecular flexibility index (Phi) is 3.50. The van der Waals surface area contributed by atoms with Gasteiger partial charge in [-0.2, -0.15) is 10.2 Å². The number of aryl methyl sites for hydroxylation is 1. The van der Waals surface area contributed by atoms with E-state index in [0.717, 1.165) is 33.5 Å². The molecule has 0 N–H and O–H groups in total. The van der Waals surface area contributed by atoms with Crippen LogP contribution in [0.25, 0.3) is 27.8 Å². The fourth-order valence-corrected chi connectivity index (χ4v) is 3.43. The number of hydrogen-bond donors (Lipinski definition) is 0. The number of fused-ring (bicyclic) bond motifs is 2. The van der Waals surface area contributed by atoms with E-state index in [9.17, 15) is 0 Å². The van der Waals surface area contributed by atoms with Gasteiger partial charge in [0.2, 0.25) is 0 Å². The number of rotatable bonds is 3. The fourth-order valence-electron chi connectivity index (χ4n) is 3.43. The molecule has 132 valence electrons. The van der Waals surface area contributed by atoms with Crippen molar-refractivity contribution >= 4 is 16.6 Å². The van der Waals surface area contributed by atoms with Crippen molar-refractivity contribution in [2.75, 3.05) is 0 Å². The average molecular weight is 354 g/mol. The van der Waals surface area contributed by atoms with Crippen molar-refractivity contribution in [3.8, 4) is 11.3 Å². The van der Waals surface area contributed by atoms with E-state index >= 15 is 0 Å². The normalized spacial score (nSPS) is 12.7. The molecule has 4 aromatic heterocycles. The second-order valence-corrected chi connectivity index (χ2v) is 6.75. The largest absolute Gasteiger partial charge is 0.275 e. The van der Waals surface area contributed by atoms with Crippen LogP contribution in [0.1, 0.15) is 24.1 Å². The third-order valence-corrected chi connectivity index (χ3v) is 4.96. The highest BCUT2D eigenvalue weighted by Crippen LogP contribution is 2.27. The molecular weight excluding hydrogens is 336 g/mol. The summed E-state index contributed by atoms with van der Waals surface area (Å²) >= 11 is 0. The molecule has 0 amide bonds. The molecule has 0 spiro atoms. The van der Waals surface area contributed by atoms with E-state index in [1.54, 1.807) is 4.68 Å². The zero-order valence-corrected chi connectivity index (χ0v) is 15.1. The Morgan fingerprint density at radius 2 is 1.93 bits per heavy atom. The van der Waals surface area contributed by atoms with Crippen LogP contribution in [0.15, 0.2) is 67.3 Å². The van der Waals surface area contributed by atoms with E-state index in [1.165, 1.54) is 5.56 Å². The lowest BCUT2D eigenvalue weighted by Crippen LogP contribution is -2.04. The molecule has 5 rings (SSSR count). The molecule has 1 aromatic carbocycles. The Balaban J connectivity index is 1.60. The van der Waals surface area contributed by atoms with Gasteiger partial charge in [-0.1, -0.05) is 19.1 Å². The number of pyridine rings is 1. The highest BCUT2D eigenvalue weighted by molar-refractivity contribution is 5.79. The standard InChI is InChI=1S/C21H18N6/c1-14(15-5-6-18-16(10-15)4-3-9-22-18)20-12-23-21-8-7-19(25-27(20)21)17-11-24-26(2)13-17/h3-14H,1-2H3. The maximum absolute atomic E-state index is 4.82. The maximum Gasteiger partial charge on any atom is 0.153 e. The molecular formula is C21H18N6. The molecule has 0 bridgehead atoms. The van der Waals surface area contributed by atoms with Crippen molar-refractivity contribution < 1.29 is 0 Å². The van der Waals surface area contributed by atoms with Gasteiger partial charge in [0.15, 0.2) is 5.65 Å². The highest BCUT2D eigenvalue weighted by Gasteiger charge is 2.16. The Labute approximate surface area is 156 Å². The second kappa shape index (κ2) is 6.02. The molecule has 6 heteroatoms. The van der Waals surface area contributed by atoms with Gasteiger partial charge in [-0.3, -0.25) is 9.67 Å². The van der Waals surface area contributed by atoms with Gasteiger partial charge in [-0.15, -0.1) is 0 Å². The predicted molar refractivity (Wildman–Crippen MR) is 104 cm³/mol. The van der Waals surface area contributed by atoms with Gasteiger partial charge in [0.1, 0.15) is 0 Å². The van der Waals surface area contributed by atoms with Gasteiger partial charge >= 0.3 is 0 Å². The quantitative estimate of drug-likeness (QED) is 0.494. The van der Waals surface area contributed by atoms with E-state index in [-0.39, 0.29) is 5.92 Å². The SMILES string of the molecule is CC(c1ccc2ncccc2c1)c1cnc2ccc(-c3cnn(C)c3)nn12. The van der Waals surface area contributed by atoms with Crippen molar-refractivity contribution in [3.63, 3.8) is 0 Å². The summed E-state index contributed by atoms with van der Waals surface area (Å²) < 4.78 is 3.71. The Morgan fingerprint density at radius 3 is 2.78 bits per heavy atom. The van der Waals surface area contributed by atoms with Crippen LogP contribution >= 0.6 is 0 Å². The summed E-state index contributed by atoms with van der Waals surface area (Å²) in [6.07, 6.45) is 7.52. The molecule has 0 saturated heterocycles. The highest BCUT2D eigenvalue weighted by atomic mass is 15.3. The van der Waals surface area contributed by atoms with Gasteiger partial charge in [-0.25, -0.2) is 9.50 Å². The van der Waals surface area contributed by atoms with E-state index < -0.39 is 0 Å². The minimum Gasteiger partial charge on any atom is -0.275 e. The van der Waals surface area contributed by atoms with E-state index in [4.69, 9.17) is 5.10 Å². The monoisotopic (exact) mass is 354 g/mol. The van der Waals surface area contributed by atoms with Crippen molar-refractivity contribution in [1.82, 2.24) is 29.4 Å². The molecule has 0 aliphatic rings. The molecule has 0 saturated carbocycles. The first kappa shape index (κ1) is 15.7. The zero-order chi connectivity index (χ0) is 18.4. The molecule has 0 fully saturated rings. The van der Waals surface area contributed by atoms with E-state index in [0.29, 0.717) is 0 Å².